The summed E-state index contributed by atoms with van der Waals surface area (Å²) in [6, 6.07) is 41.5. The smallest absolute Gasteiger partial charge is 0.0711 e. The third-order valence-corrected chi connectivity index (χ3v) is 8.61. The van der Waals surface area contributed by atoms with Gasteiger partial charge in [-0.3, -0.25) is 0 Å². The summed E-state index contributed by atoms with van der Waals surface area (Å²) >= 11 is 0. The van der Waals surface area contributed by atoms with E-state index in [9.17, 15) is 0 Å². The van der Waals surface area contributed by atoms with Crippen LogP contribution < -0.4 is 32.8 Å². The van der Waals surface area contributed by atoms with Gasteiger partial charge in [0.15, 0.2) is 0 Å². The molecule has 0 aliphatic carbocycles. The van der Waals surface area contributed by atoms with Gasteiger partial charge in [0.25, 0.3) is 0 Å². The minimum absolute atomic E-state index is 0.289. The molecule has 0 aromatic heterocycles. The molecule has 0 saturated heterocycles. The Labute approximate surface area is 262 Å². The van der Waals surface area contributed by atoms with Gasteiger partial charge in [-0.05, 0) is 52.6 Å². The molecule has 5 aromatic rings. The van der Waals surface area contributed by atoms with E-state index in [2.05, 4.69) is 109 Å². The van der Waals surface area contributed by atoms with Crippen molar-refractivity contribution in [2.45, 2.75) is 74.7 Å². The molecule has 2 heteroatoms. The largest absolute Gasteiger partial charge is 0.242 e. The van der Waals surface area contributed by atoms with Crippen molar-refractivity contribution in [3.05, 3.63) is 143 Å². The molecule has 0 saturated carbocycles. The molecule has 3 aliphatic rings. The van der Waals surface area contributed by atoms with Crippen LogP contribution in [0.25, 0.3) is 0 Å². The van der Waals surface area contributed by atoms with Gasteiger partial charge in [-0.2, -0.15) is 0 Å². The Morgan fingerprint density at radius 2 is 0.767 bits per heavy atom. The predicted molar refractivity (Wildman–Crippen MR) is 195 cm³/mol. The molecular formula is C41H48B2. The molecule has 5 aromatic carbocycles. The zero-order chi connectivity index (χ0) is 30.9. The van der Waals surface area contributed by atoms with Gasteiger partial charge < -0.3 is 0 Å². The van der Waals surface area contributed by atoms with Crippen molar-refractivity contribution in [2.24, 2.45) is 0 Å². The summed E-state index contributed by atoms with van der Waals surface area (Å²) in [6.07, 6.45) is 3.12. The minimum atomic E-state index is 0.289. The average molecular weight is 562 g/mol. The van der Waals surface area contributed by atoms with E-state index >= 15 is 0 Å². The number of fused-ring (bicyclic) bond motifs is 6. The molecule has 0 atom stereocenters. The number of benzene rings is 5. The van der Waals surface area contributed by atoms with Gasteiger partial charge in [0, 0.05) is 0 Å². The molecule has 0 nitrogen and oxygen atoms in total. The third kappa shape index (κ3) is 5.90. The fraction of sp³-hybridized carbons (Fsp3) is 0.268. The molecule has 3 heterocycles. The van der Waals surface area contributed by atoms with Gasteiger partial charge in [0.1, 0.15) is 0 Å². The van der Waals surface area contributed by atoms with Crippen molar-refractivity contribution in [3.8, 4) is 0 Å². The van der Waals surface area contributed by atoms with E-state index in [0.717, 1.165) is 19.3 Å². The fourth-order valence-corrected chi connectivity index (χ4v) is 7.14. The minimum Gasteiger partial charge on any atom is -0.0711 e. The number of hydrogen-bond acceptors (Lipinski definition) is 0. The van der Waals surface area contributed by atoms with Crippen LogP contribution in [0.3, 0.4) is 0 Å². The maximum atomic E-state index is 2.60. The van der Waals surface area contributed by atoms with Crippen LogP contribution in [-0.2, 0) is 19.3 Å². The quantitative estimate of drug-likeness (QED) is 0.200. The summed E-state index contributed by atoms with van der Waals surface area (Å²) in [5, 5.41) is 0. The second kappa shape index (κ2) is 15.1. The Morgan fingerprint density at radius 3 is 1.35 bits per heavy atom. The van der Waals surface area contributed by atoms with Gasteiger partial charge in [-0.25, -0.2) is 0 Å². The van der Waals surface area contributed by atoms with E-state index in [1.54, 1.807) is 5.46 Å². The van der Waals surface area contributed by atoms with E-state index in [0.29, 0.717) is 6.71 Å². The predicted octanol–water partition coefficient (Wildman–Crippen LogP) is 6.54. The van der Waals surface area contributed by atoms with Crippen molar-refractivity contribution in [3.63, 3.8) is 0 Å². The lowest BCUT2D eigenvalue weighted by Crippen LogP contribution is -2.64. The van der Waals surface area contributed by atoms with Crippen LogP contribution in [0.1, 0.15) is 88.8 Å². The molecule has 218 valence electrons. The van der Waals surface area contributed by atoms with Gasteiger partial charge >= 0.3 is 0 Å². The molecule has 0 amide bonds. The second-order valence-electron chi connectivity index (χ2n) is 10.4. The average Bonchev–Trinajstić information content (AvgIpc) is 3.10. The van der Waals surface area contributed by atoms with Crippen LogP contribution in [0.4, 0.5) is 0 Å². The SMILES string of the molecule is CC.CC.CC.CC.c1ccc(B2c3ccccc3Cc3cc4c(cc32)B2c3ccccc3Cc3cccc(c32)C4)cc1. The van der Waals surface area contributed by atoms with E-state index < -0.39 is 0 Å². The van der Waals surface area contributed by atoms with Crippen LogP contribution >= 0.6 is 0 Å². The molecule has 0 unspecified atom stereocenters. The monoisotopic (exact) mass is 562 g/mol. The fourth-order valence-electron chi connectivity index (χ4n) is 7.14. The van der Waals surface area contributed by atoms with E-state index in [1.165, 1.54) is 60.7 Å². The lowest BCUT2D eigenvalue weighted by Gasteiger charge is -2.36. The topological polar surface area (TPSA) is 0 Å². The summed E-state index contributed by atoms with van der Waals surface area (Å²) in [5.74, 6) is 0. The molecule has 43 heavy (non-hydrogen) atoms. The molecule has 0 bridgehead atoms. The lowest BCUT2D eigenvalue weighted by molar-refractivity contribution is 1.13. The third-order valence-electron chi connectivity index (χ3n) is 8.61. The zero-order valence-electron chi connectivity index (χ0n) is 27.7. The molecule has 0 fully saturated rings. The Morgan fingerprint density at radius 1 is 0.349 bits per heavy atom. The standard InChI is InChI=1S/C33H24B2.4C2H6/c1-2-13-28(14-3-1)34-29-15-6-4-10-23(29)18-26-20-27-19-25-12-8-11-24-17-22-9-5-7-16-30(22)35(33(24)25)32(27)21-31(26)34;4*1-2/h1-16,20-21H,17-19H2;4*1-2H3. The summed E-state index contributed by atoms with van der Waals surface area (Å²) in [6.45, 7) is 16.6. The first kappa shape index (κ1) is 32.2. The second-order valence-corrected chi connectivity index (χ2v) is 10.4. The van der Waals surface area contributed by atoms with Gasteiger partial charge in [0.2, 0.25) is 13.4 Å². The first-order valence-electron chi connectivity index (χ1n) is 16.8. The highest BCUT2D eigenvalue weighted by Gasteiger charge is 2.39. The van der Waals surface area contributed by atoms with Crippen molar-refractivity contribution < 1.29 is 0 Å². The van der Waals surface area contributed by atoms with Crippen LogP contribution in [0.5, 0.6) is 0 Å². The van der Waals surface area contributed by atoms with Crippen LogP contribution in [0.15, 0.2) is 109 Å². The summed E-state index contributed by atoms with van der Waals surface area (Å²) in [5.41, 5.74) is 18.0. The highest BCUT2D eigenvalue weighted by molar-refractivity contribution is 6.99. The maximum absolute atomic E-state index is 2.60. The Kier molecular flexibility index (Phi) is 11.3. The van der Waals surface area contributed by atoms with Crippen molar-refractivity contribution >= 4 is 46.2 Å². The number of hydrogen-bond donors (Lipinski definition) is 0. The highest BCUT2D eigenvalue weighted by atomic mass is 14.2. The number of rotatable bonds is 1. The zero-order valence-corrected chi connectivity index (χ0v) is 27.7. The highest BCUT2D eigenvalue weighted by Crippen LogP contribution is 2.24. The summed E-state index contributed by atoms with van der Waals surface area (Å²) < 4.78 is 0. The van der Waals surface area contributed by atoms with E-state index in [-0.39, 0.29) is 6.71 Å². The van der Waals surface area contributed by atoms with E-state index in [1.807, 2.05) is 55.4 Å². The Bertz CT molecular complexity index is 1630. The van der Waals surface area contributed by atoms with Crippen molar-refractivity contribution in [1.29, 1.82) is 0 Å². The maximum Gasteiger partial charge on any atom is 0.242 e. The first-order valence-corrected chi connectivity index (χ1v) is 16.8. The summed E-state index contributed by atoms with van der Waals surface area (Å²) in [7, 11) is 0. The van der Waals surface area contributed by atoms with Crippen molar-refractivity contribution in [2.75, 3.05) is 0 Å². The molecule has 0 N–H and O–H groups in total. The molecule has 8 rings (SSSR count). The molecular weight excluding hydrogens is 514 g/mol. The Balaban J connectivity index is 0.000000492. The van der Waals surface area contributed by atoms with Gasteiger partial charge in [-0.15, -0.1) is 0 Å². The van der Waals surface area contributed by atoms with Crippen LogP contribution in [-0.4, -0.2) is 13.4 Å². The van der Waals surface area contributed by atoms with Crippen LogP contribution in [0, 0.1) is 0 Å². The lowest BCUT2D eigenvalue weighted by atomic mass is 9.28. The molecule has 0 spiro atoms. The Hall–Kier alpha value is -3.77. The van der Waals surface area contributed by atoms with Crippen molar-refractivity contribution in [1.82, 2.24) is 0 Å². The van der Waals surface area contributed by atoms with Gasteiger partial charge in [0.05, 0.1) is 0 Å². The normalized spacial score (nSPS) is 12.3. The summed E-state index contributed by atoms with van der Waals surface area (Å²) in [4.78, 5) is 0. The van der Waals surface area contributed by atoms with Gasteiger partial charge in [-0.1, -0.05) is 197 Å². The first-order chi connectivity index (χ1) is 21.3. The molecule has 3 aliphatic heterocycles. The van der Waals surface area contributed by atoms with Crippen LogP contribution in [0.2, 0.25) is 0 Å². The van der Waals surface area contributed by atoms with E-state index in [4.69, 9.17) is 0 Å². The molecule has 0 radical (unpaired) electrons.